The summed E-state index contributed by atoms with van der Waals surface area (Å²) in [6, 6.07) is 8.07. The zero-order valence-corrected chi connectivity index (χ0v) is 8.77. The highest BCUT2D eigenvalue weighted by Gasteiger charge is 2.09. The average Bonchev–Trinajstić information content (AvgIpc) is 2.72. The number of hydrogen-bond acceptors (Lipinski definition) is 2. The molecule has 1 atom stereocenters. The van der Waals surface area contributed by atoms with Gasteiger partial charge in [0, 0.05) is 11.8 Å². The van der Waals surface area contributed by atoms with Gasteiger partial charge in [0.25, 0.3) is 0 Å². The maximum atomic E-state index is 10.5. The number of aldehydes is 1. The van der Waals surface area contributed by atoms with Crippen LogP contribution in [0.2, 0.25) is 0 Å². The van der Waals surface area contributed by atoms with Gasteiger partial charge < -0.3 is 9.21 Å². The molecule has 0 aliphatic heterocycles. The summed E-state index contributed by atoms with van der Waals surface area (Å²) < 4.78 is 5.28. The van der Waals surface area contributed by atoms with E-state index < -0.39 is 0 Å². The Morgan fingerprint density at radius 2 is 2.27 bits per heavy atom. The van der Waals surface area contributed by atoms with Gasteiger partial charge in [-0.1, -0.05) is 13.0 Å². The van der Waals surface area contributed by atoms with E-state index in [0.29, 0.717) is 12.3 Å². The van der Waals surface area contributed by atoms with Crippen LogP contribution < -0.4 is 0 Å². The Balaban J connectivity index is 2.36. The Morgan fingerprint density at radius 1 is 1.40 bits per heavy atom. The SMILES string of the molecule is CCC(CC=O)c1ccc2occc2c1. The Kier molecular flexibility index (Phi) is 2.86. The van der Waals surface area contributed by atoms with Gasteiger partial charge >= 0.3 is 0 Å². The molecule has 0 bridgehead atoms. The highest BCUT2D eigenvalue weighted by molar-refractivity contribution is 5.78. The highest BCUT2D eigenvalue weighted by Crippen LogP contribution is 2.26. The monoisotopic (exact) mass is 202 g/mol. The Morgan fingerprint density at radius 3 is 3.00 bits per heavy atom. The molecule has 0 aliphatic rings. The molecule has 0 saturated carbocycles. The topological polar surface area (TPSA) is 30.2 Å². The fourth-order valence-electron chi connectivity index (χ4n) is 1.89. The molecule has 0 aliphatic carbocycles. The smallest absolute Gasteiger partial charge is 0.133 e. The third-order valence-corrected chi connectivity index (χ3v) is 2.82. The van der Waals surface area contributed by atoms with Gasteiger partial charge in [0.1, 0.15) is 11.9 Å². The summed E-state index contributed by atoms with van der Waals surface area (Å²) >= 11 is 0. The molecule has 1 unspecified atom stereocenters. The van der Waals surface area contributed by atoms with Crippen LogP contribution in [0.25, 0.3) is 11.0 Å². The second kappa shape index (κ2) is 4.30. The summed E-state index contributed by atoms with van der Waals surface area (Å²) in [4.78, 5) is 10.5. The van der Waals surface area contributed by atoms with Crippen molar-refractivity contribution in [2.24, 2.45) is 0 Å². The van der Waals surface area contributed by atoms with E-state index in [1.807, 2.05) is 18.2 Å². The van der Waals surface area contributed by atoms with Crippen LogP contribution in [0, 0.1) is 0 Å². The normalized spacial score (nSPS) is 12.9. The summed E-state index contributed by atoms with van der Waals surface area (Å²) in [6.07, 6.45) is 4.27. The summed E-state index contributed by atoms with van der Waals surface area (Å²) in [5.74, 6) is 0.335. The second-order valence-corrected chi connectivity index (χ2v) is 3.73. The first-order valence-electron chi connectivity index (χ1n) is 5.26. The molecule has 1 aromatic heterocycles. The minimum absolute atomic E-state index is 0.335. The fraction of sp³-hybridized carbons (Fsp3) is 0.308. The van der Waals surface area contributed by atoms with E-state index in [1.165, 1.54) is 5.56 Å². The van der Waals surface area contributed by atoms with E-state index in [1.54, 1.807) is 6.26 Å². The van der Waals surface area contributed by atoms with Crippen LogP contribution in [0.15, 0.2) is 34.9 Å². The van der Waals surface area contributed by atoms with Crippen molar-refractivity contribution in [3.8, 4) is 0 Å². The molecular weight excluding hydrogens is 188 g/mol. The predicted octanol–water partition coefficient (Wildman–Crippen LogP) is 3.52. The lowest BCUT2D eigenvalue weighted by Crippen LogP contribution is -1.97. The maximum Gasteiger partial charge on any atom is 0.133 e. The second-order valence-electron chi connectivity index (χ2n) is 3.73. The first-order valence-corrected chi connectivity index (χ1v) is 5.26. The molecule has 2 aromatic rings. The van der Waals surface area contributed by atoms with E-state index in [9.17, 15) is 4.79 Å². The van der Waals surface area contributed by atoms with Crippen LogP contribution in [0.1, 0.15) is 31.2 Å². The molecular formula is C13H14O2. The molecule has 0 amide bonds. The molecule has 1 aromatic carbocycles. The molecule has 2 rings (SSSR count). The minimum atomic E-state index is 0.335. The number of furan rings is 1. The predicted molar refractivity (Wildman–Crippen MR) is 59.9 cm³/mol. The van der Waals surface area contributed by atoms with E-state index in [4.69, 9.17) is 4.42 Å². The van der Waals surface area contributed by atoms with Crippen LogP contribution in [0.4, 0.5) is 0 Å². The van der Waals surface area contributed by atoms with Crippen molar-refractivity contribution < 1.29 is 9.21 Å². The summed E-state index contributed by atoms with van der Waals surface area (Å²) in [7, 11) is 0. The quantitative estimate of drug-likeness (QED) is 0.710. The lowest BCUT2D eigenvalue weighted by atomic mass is 9.93. The molecule has 2 nitrogen and oxygen atoms in total. The molecule has 15 heavy (non-hydrogen) atoms. The van der Waals surface area contributed by atoms with Crippen molar-refractivity contribution in [3.05, 3.63) is 36.1 Å². The largest absolute Gasteiger partial charge is 0.464 e. The first kappa shape index (κ1) is 9.97. The van der Waals surface area contributed by atoms with Crippen molar-refractivity contribution in [1.29, 1.82) is 0 Å². The fourth-order valence-corrected chi connectivity index (χ4v) is 1.89. The molecule has 0 spiro atoms. The number of benzene rings is 1. The van der Waals surface area contributed by atoms with Crippen molar-refractivity contribution >= 4 is 17.3 Å². The van der Waals surface area contributed by atoms with E-state index in [2.05, 4.69) is 13.0 Å². The van der Waals surface area contributed by atoms with Crippen LogP contribution >= 0.6 is 0 Å². The average molecular weight is 202 g/mol. The molecule has 0 radical (unpaired) electrons. The van der Waals surface area contributed by atoms with Crippen molar-refractivity contribution in [2.75, 3.05) is 0 Å². The molecule has 0 saturated heterocycles. The minimum Gasteiger partial charge on any atom is -0.464 e. The zero-order chi connectivity index (χ0) is 10.7. The summed E-state index contributed by atoms with van der Waals surface area (Å²) in [5, 5.41) is 1.11. The van der Waals surface area contributed by atoms with Gasteiger partial charge in [0.2, 0.25) is 0 Å². The van der Waals surface area contributed by atoms with E-state index in [0.717, 1.165) is 23.7 Å². The zero-order valence-electron chi connectivity index (χ0n) is 8.77. The third-order valence-electron chi connectivity index (χ3n) is 2.82. The molecule has 2 heteroatoms. The lowest BCUT2D eigenvalue weighted by molar-refractivity contribution is -0.108. The number of rotatable bonds is 4. The van der Waals surface area contributed by atoms with Gasteiger partial charge in [-0.3, -0.25) is 0 Å². The number of carbonyl (C=O) groups is 1. The third kappa shape index (κ3) is 1.94. The van der Waals surface area contributed by atoms with Gasteiger partial charge in [0.05, 0.1) is 6.26 Å². The van der Waals surface area contributed by atoms with Crippen LogP contribution in [-0.2, 0) is 4.79 Å². The van der Waals surface area contributed by atoms with Gasteiger partial charge in [-0.05, 0) is 36.1 Å². The van der Waals surface area contributed by atoms with Crippen molar-refractivity contribution in [2.45, 2.75) is 25.7 Å². The number of fused-ring (bicyclic) bond motifs is 1. The lowest BCUT2D eigenvalue weighted by Gasteiger charge is -2.11. The Bertz CT molecular complexity index is 456. The molecule has 1 heterocycles. The highest BCUT2D eigenvalue weighted by atomic mass is 16.3. The van der Waals surface area contributed by atoms with Gasteiger partial charge in [0.15, 0.2) is 0 Å². The van der Waals surface area contributed by atoms with Crippen molar-refractivity contribution in [1.82, 2.24) is 0 Å². The molecule has 0 fully saturated rings. The Hall–Kier alpha value is -1.57. The molecule has 0 N–H and O–H groups in total. The first-order chi connectivity index (χ1) is 7.35. The van der Waals surface area contributed by atoms with Crippen LogP contribution in [0.5, 0.6) is 0 Å². The number of carbonyl (C=O) groups excluding carboxylic acids is 1. The summed E-state index contributed by atoms with van der Waals surface area (Å²) in [5.41, 5.74) is 2.12. The standard InChI is InChI=1S/C13H14O2/c1-2-10(5-7-14)11-3-4-13-12(9-11)6-8-15-13/h3-4,6-10H,2,5H2,1H3. The van der Waals surface area contributed by atoms with Gasteiger partial charge in [-0.25, -0.2) is 0 Å². The maximum absolute atomic E-state index is 10.5. The van der Waals surface area contributed by atoms with Crippen LogP contribution in [-0.4, -0.2) is 6.29 Å². The van der Waals surface area contributed by atoms with Crippen LogP contribution in [0.3, 0.4) is 0 Å². The summed E-state index contributed by atoms with van der Waals surface area (Å²) in [6.45, 7) is 2.10. The van der Waals surface area contributed by atoms with E-state index in [-0.39, 0.29) is 0 Å². The number of hydrogen-bond donors (Lipinski definition) is 0. The van der Waals surface area contributed by atoms with Crippen molar-refractivity contribution in [3.63, 3.8) is 0 Å². The van der Waals surface area contributed by atoms with Gasteiger partial charge in [-0.15, -0.1) is 0 Å². The van der Waals surface area contributed by atoms with Gasteiger partial charge in [-0.2, -0.15) is 0 Å². The molecule has 78 valence electrons. The Labute approximate surface area is 88.9 Å². The van der Waals surface area contributed by atoms with E-state index >= 15 is 0 Å².